The lowest BCUT2D eigenvalue weighted by Gasteiger charge is -2.21. The van der Waals surface area contributed by atoms with Crippen LogP contribution in [-0.4, -0.2) is 30.3 Å². The van der Waals surface area contributed by atoms with Gasteiger partial charge in [-0.25, -0.2) is 10.3 Å². The van der Waals surface area contributed by atoms with Crippen LogP contribution in [0.1, 0.15) is 34.6 Å². The smallest absolute Gasteiger partial charge is 0.408 e. The third-order valence-electron chi connectivity index (χ3n) is 1.44. The zero-order valence-corrected chi connectivity index (χ0v) is 10.4. The molecule has 0 aliphatic rings. The second-order valence-corrected chi connectivity index (χ2v) is 4.27. The van der Waals surface area contributed by atoms with E-state index < -0.39 is 23.6 Å². The Morgan fingerprint density at radius 3 is 2.31 bits per heavy atom. The van der Waals surface area contributed by atoms with Crippen LogP contribution in [0.25, 0.3) is 0 Å². The summed E-state index contributed by atoms with van der Waals surface area (Å²) in [7, 11) is 0. The first-order chi connectivity index (χ1) is 7.26. The fourth-order valence-corrected chi connectivity index (χ4v) is 0.782. The number of alkyl carbamates (subject to hydrolysis) is 1. The van der Waals surface area contributed by atoms with Crippen molar-refractivity contribution < 1.29 is 19.2 Å². The van der Waals surface area contributed by atoms with Crippen LogP contribution in [0.4, 0.5) is 4.79 Å². The van der Waals surface area contributed by atoms with Crippen LogP contribution in [0.15, 0.2) is 0 Å². The molecule has 0 unspecified atom stereocenters. The number of hydroxylamine groups is 1. The van der Waals surface area contributed by atoms with Gasteiger partial charge in [-0.3, -0.25) is 9.63 Å². The Hall–Kier alpha value is -1.30. The molecular formula is C10H20N2O4. The average molecular weight is 232 g/mol. The first kappa shape index (κ1) is 14.7. The molecule has 0 rings (SSSR count). The van der Waals surface area contributed by atoms with E-state index in [1.807, 2.05) is 0 Å². The van der Waals surface area contributed by atoms with Gasteiger partial charge < -0.3 is 10.1 Å². The van der Waals surface area contributed by atoms with E-state index in [4.69, 9.17) is 9.57 Å². The molecule has 0 aromatic carbocycles. The summed E-state index contributed by atoms with van der Waals surface area (Å²) in [6.45, 7) is 8.89. The minimum atomic E-state index is -0.707. The number of hydrogen-bond acceptors (Lipinski definition) is 4. The van der Waals surface area contributed by atoms with Gasteiger partial charge in [-0.1, -0.05) is 0 Å². The summed E-state index contributed by atoms with van der Waals surface area (Å²) in [5.74, 6) is -0.423. The highest BCUT2D eigenvalue weighted by Crippen LogP contribution is 2.06. The maximum absolute atomic E-state index is 11.3. The van der Waals surface area contributed by atoms with Gasteiger partial charge in [0, 0.05) is 0 Å². The van der Waals surface area contributed by atoms with E-state index in [2.05, 4.69) is 10.8 Å². The van der Waals surface area contributed by atoms with Crippen molar-refractivity contribution in [2.45, 2.75) is 46.3 Å². The Bertz CT molecular complexity index is 248. The van der Waals surface area contributed by atoms with Crippen molar-refractivity contribution in [2.24, 2.45) is 0 Å². The molecule has 0 fully saturated rings. The van der Waals surface area contributed by atoms with E-state index in [0.717, 1.165) is 0 Å². The van der Waals surface area contributed by atoms with Crippen LogP contribution < -0.4 is 10.8 Å². The van der Waals surface area contributed by atoms with Gasteiger partial charge in [0.15, 0.2) is 0 Å². The van der Waals surface area contributed by atoms with Crippen molar-refractivity contribution >= 4 is 12.0 Å². The normalized spacial score (nSPS) is 12.8. The number of nitrogens with one attached hydrogen (secondary N) is 2. The Kier molecular flexibility index (Phi) is 5.81. The highest BCUT2D eigenvalue weighted by Gasteiger charge is 2.20. The molecule has 6 heteroatoms. The molecule has 0 aromatic rings. The van der Waals surface area contributed by atoms with Gasteiger partial charge in [0.1, 0.15) is 11.6 Å². The third-order valence-corrected chi connectivity index (χ3v) is 1.44. The van der Waals surface area contributed by atoms with E-state index in [-0.39, 0.29) is 0 Å². The quantitative estimate of drug-likeness (QED) is 0.708. The van der Waals surface area contributed by atoms with Crippen molar-refractivity contribution in [1.29, 1.82) is 0 Å². The lowest BCUT2D eigenvalue weighted by Crippen LogP contribution is -2.46. The van der Waals surface area contributed by atoms with Crippen molar-refractivity contribution in [1.82, 2.24) is 10.8 Å². The van der Waals surface area contributed by atoms with Gasteiger partial charge in [-0.15, -0.1) is 0 Å². The fraction of sp³-hybridized carbons (Fsp3) is 0.800. The van der Waals surface area contributed by atoms with E-state index in [1.165, 1.54) is 6.92 Å². The van der Waals surface area contributed by atoms with Gasteiger partial charge >= 0.3 is 6.09 Å². The van der Waals surface area contributed by atoms with Crippen LogP contribution in [0.3, 0.4) is 0 Å². The molecule has 0 bridgehead atoms. The summed E-state index contributed by atoms with van der Waals surface area (Å²) in [4.78, 5) is 27.3. The SMILES string of the molecule is CCONC(=O)[C@@H](C)NC(=O)OC(C)(C)C. The van der Waals surface area contributed by atoms with Crippen LogP contribution in [-0.2, 0) is 14.4 Å². The highest BCUT2D eigenvalue weighted by molar-refractivity contribution is 5.84. The number of hydrogen-bond donors (Lipinski definition) is 2. The fourth-order valence-electron chi connectivity index (χ4n) is 0.782. The molecule has 0 spiro atoms. The molecule has 2 amide bonds. The van der Waals surface area contributed by atoms with Crippen LogP contribution >= 0.6 is 0 Å². The van der Waals surface area contributed by atoms with Gasteiger partial charge in [-0.2, -0.15) is 0 Å². The van der Waals surface area contributed by atoms with Crippen LogP contribution in [0.5, 0.6) is 0 Å². The second-order valence-electron chi connectivity index (χ2n) is 4.27. The zero-order chi connectivity index (χ0) is 12.8. The molecule has 2 N–H and O–H groups in total. The molecular weight excluding hydrogens is 212 g/mol. The number of ether oxygens (including phenoxy) is 1. The largest absolute Gasteiger partial charge is 0.444 e. The highest BCUT2D eigenvalue weighted by atomic mass is 16.6. The van der Waals surface area contributed by atoms with Gasteiger partial charge in [0.05, 0.1) is 6.61 Å². The standard InChI is InChI=1S/C10H20N2O4/c1-6-15-12-8(13)7(2)11-9(14)16-10(3,4)5/h7H,6H2,1-5H3,(H,11,14)(H,12,13)/t7-/m1/s1. The minimum Gasteiger partial charge on any atom is -0.444 e. The number of carbonyl (C=O) groups is 2. The molecule has 94 valence electrons. The molecule has 6 nitrogen and oxygen atoms in total. The Balaban J connectivity index is 3.99. The van der Waals surface area contributed by atoms with Crippen molar-refractivity contribution in [3.05, 3.63) is 0 Å². The topological polar surface area (TPSA) is 76.7 Å². The monoisotopic (exact) mass is 232 g/mol. The first-order valence-electron chi connectivity index (χ1n) is 5.17. The maximum atomic E-state index is 11.3. The number of rotatable bonds is 4. The van der Waals surface area contributed by atoms with E-state index in [1.54, 1.807) is 27.7 Å². The summed E-state index contributed by atoms with van der Waals surface area (Å²) in [5, 5.41) is 2.39. The third kappa shape index (κ3) is 7.05. The molecule has 0 saturated carbocycles. The molecule has 0 radical (unpaired) electrons. The molecule has 0 aromatic heterocycles. The number of amides is 2. The predicted octanol–water partition coefficient (Wildman–Crippen LogP) is 0.967. The first-order valence-corrected chi connectivity index (χ1v) is 5.17. The Morgan fingerprint density at radius 1 is 1.31 bits per heavy atom. The van der Waals surface area contributed by atoms with Crippen molar-refractivity contribution in [3.63, 3.8) is 0 Å². The Labute approximate surface area is 95.6 Å². The van der Waals surface area contributed by atoms with Gasteiger partial charge in [0.25, 0.3) is 5.91 Å². The van der Waals surface area contributed by atoms with Gasteiger partial charge in [0.2, 0.25) is 0 Å². The predicted molar refractivity (Wildman–Crippen MR) is 58.6 cm³/mol. The van der Waals surface area contributed by atoms with Crippen molar-refractivity contribution in [2.75, 3.05) is 6.61 Å². The molecule has 0 saturated heterocycles. The minimum absolute atomic E-state index is 0.366. The van der Waals surface area contributed by atoms with Crippen molar-refractivity contribution in [3.8, 4) is 0 Å². The molecule has 0 heterocycles. The van der Waals surface area contributed by atoms with Gasteiger partial charge in [-0.05, 0) is 34.6 Å². The average Bonchev–Trinajstić information content (AvgIpc) is 2.10. The summed E-state index contributed by atoms with van der Waals surface area (Å²) in [5.41, 5.74) is 1.61. The molecule has 0 aliphatic heterocycles. The second kappa shape index (κ2) is 6.32. The van der Waals surface area contributed by atoms with Crippen LogP contribution in [0, 0.1) is 0 Å². The lowest BCUT2D eigenvalue weighted by atomic mass is 10.2. The zero-order valence-electron chi connectivity index (χ0n) is 10.4. The van der Waals surface area contributed by atoms with Crippen LogP contribution in [0.2, 0.25) is 0 Å². The molecule has 1 atom stereocenters. The Morgan fingerprint density at radius 2 is 1.88 bits per heavy atom. The lowest BCUT2D eigenvalue weighted by molar-refractivity contribution is -0.134. The number of carbonyl (C=O) groups excluding carboxylic acids is 2. The summed E-state index contributed by atoms with van der Waals surface area (Å²) < 4.78 is 4.99. The summed E-state index contributed by atoms with van der Waals surface area (Å²) in [6.07, 6.45) is -0.633. The van der Waals surface area contributed by atoms with E-state index in [0.29, 0.717) is 6.61 Å². The summed E-state index contributed by atoms with van der Waals surface area (Å²) >= 11 is 0. The van der Waals surface area contributed by atoms with E-state index in [9.17, 15) is 9.59 Å². The maximum Gasteiger partial charge on any atom is 0.408 e. The summed E-state index contributed by atoms with van der Waals surface area (Å²) in [6, 6.07) is -0.707. The molecule has 16 heavy (non-hydrogen) atoms. The van der Waals surface area contributed by atoms with E-state index >= 15 is 0 Å². The molecule has 0 aliphatic carbocycles.